The van der Waals surface area contributed by atoms with Crippen LogP contribution < -0.4 is 44.2 Å². The summed E-state index contributed by atoms with van der Waals surface area (Å²) in [6.45, 7) is 15.1. The number of alkyl carbamates (subject to hydrolysis) is 1. The summed E-state index contributed by atoms with van der Waals surface area (Å²) >= 11 is 0. The summed E-state index contributed by atoms with van der Waals surface area (Å²) in [5.74, 6) is -2.06. The van der Waals surface area contributed by atoms with E-state index < -0.39 is 17.7 Å². The first-order chi connectivity index (χ1) is 41.5. The molecule has 22 nitrogen and oxygen atoms in total. The van der Waals surface area contributed by atoms with Gasteiger partial charge in [0.1, 0.15) is 28.4 Å². The Balaban J connectivity index is -0.000000384. The molecule has 0 aliphatic rings. The molecule has 0 saturated carbocycles. The minimum atomic E-state index is -1.11. The van der Waals surface area contributed by atoms with Crippen LogP contribution in [0.4, 0.5) is 4.79 Å². The van der Waals surface area contributed by atoms with Gasteiger partial charge in [0, 0.05) is 58.8 Å². The van der Waals surface area contributed by atoms with Crippen LogP contribution >= 0.6 is 0 Å². The van der Waals surface area contributed by atoms with Gasteiger partial charge in [0.05, 0.1) is 64.0 Å². The maximum absolute atomic E-state index is 12.0. The number of benzene rings is 3. The molecule has 3 aromatic carbocycles. The van der Waals surface area contributed by atoms with Crippen LogP contribution in [0.3, 0.4) is 0 Å². The molecule has 22 heteroatoms. The SMILES string of the molecule is C.C.C.CC(C)(C)OC(=O)NCCOCCN.CC/C=C\C/C=C\C/C=C\C/C=C\C/C=C\C/C=C\CCC(=O)NCCOCCNC(=O)c1ccccc1O.NCCOCCN.NCCOCCNC(=O)c1ccccc1O.O=C(O)c1ccccc1O. The number of para-hydroxylation sites is 3. The number of phenolic OH excluding ortho intramolecular Hbond substituents is 2. The first kappa shape index (κ1) is 90.1. The van der Waals surface area contributed by atoms with Crippen molar-refractivity contribution in [2.45, 2.75) is 107 Å². The van der Waals surface area contributed by atoms with Crippen LogP contribution in [0.5, 0.6) is 17.2 Å². The highest BCUT2D eigenvalue weighted by Crippen LogP contribution is 2.16. The van der Waals surface area contributed by atoms with Crippen molar-refractivity contribution in [3.8, 4) is 17.2 Å². The van der Waals surface area contributed by atoms with E-state index in [0.717, 1.165) is 38.5 Å². The molecule has 0 spiro atoms. The number of carbonyl (C=O) groups is 5. The summed E-state index contributed by atoms with van der Waals surface area (Å²) < 4.78 is 25.5. The van der Waals surface area contributed by atoms with Crippen molar-refractivity contribution in [1.82, 2.24) is 21.3 Å². The number of aromatic hydroxyl groups is 3. The molecule has 3 aromatic rings. The fourth-order valence-corrected chi connectivity index (χ4v) is 6.14. The minimum absolute atomic E-state index is 0. The zero-order valence-corrected chi connectivity index (χ0v) is 51.0. The van der Waals surface area contributed by atoms with Crippen LogP contribution in [0, 0.1) is 0 Å². The number of nitrogens with one attached hydrogen (secondary N) is 4. The number of carboxylic acid groups (broad SMARTS) is 1. The van der Waals surface area contributed by atoms with Gasteiger partial charge in [0.2, 0.25) is 5.91 Å². The Hall–Kier alpha value is -7.67. The number of nitrogens with two attached hydrogens (primary N) is 4. The number of carbonyl (C=O) groups excluding carboxylic acids is 4. The summed E-state index contributed by atoms with van der Waals surface area (Å²) in [6, 6.07) is 18.6. The fraction of sp³-hybridized carbons (Fsp3) is 0.478. The summed E-state index contributed by atoms with van der Waals surface area (Å²) in [4.78, 5) is 56.7. The van der Waals surface area contributed by atoms with Gasteiger partial charge in [-0.2, -0.15) is 0 Å². The molecule has 0 atom stereocenters. The molecule has 3 rings (SSSR count). The Morgan fingerprint density at radius 1 is 0.438 bits per heavy atom. The molecule has 16 N–H and O–H groups in total. The van der Waals surface area contributed by atoms with Gasteiger partial charge in [-0.1, -0.05) is 139 Å². The van der Waals surface area contributed by atoms with Gasteiger partial charge in [0.15, 0.2) is 0 Å². The number of hydrogen-bond donors (Lipinski definition) is 12. The molecule has 0 heterocycles. The smallest absolute Gasteiger partial charge is 0.407 e. The maximum atomic E-state index is 12.0. The van der Waals surface area contributed by atoms with E-state index in [1.807, 2.05) is 26.8 Å². The summed E-state index contributed by atoms with van der Waals surface area (Å²) in [5, 5.41) is 47.1. The van der Waals surface area contributed by atoms with Crippen LogP contribution in [0.1, 0.15) is 132 Å². The second kappa shape index (κ2) is 64.8. The topological polar surface area (TPSA) is 365 Å². The van der Waals surface area contributed by atoms with Crippen molar-refractivity contribution in [2.75, 3.05) is 105 Å². The van der Waals surface area contributed by atoms with Crippen molar-refractivity contribution in [3.05, 3.63) is 162 Å². The lowest BCUT2D eigenvalue weighted by Gasteiger charge is -2.19. The van der Waals surface area contributed by atoms with E-state index in [2.05, 4.69) is 95.0 Å². The summed E-state index contributed by atoms with van der Waals surface area (Å²) in [7, 11) is 0. The molecule has 0 fully saturated rings. The molecular weight excluding hydrogens is 1140 g/mol. The van der Waals surface area contributed by atoms with Gasteiger partial charge in [-0.05, 0) is 102 Å². The number of ether oxygens (including phenoxy) is 5. The van der Waals surface area contributed by atoms with Crippen LogP contribution in [-0.4, -0.2) is 161 Å². The van der Waals surface area contributed by atoms with Crippen molar-refractivity contribution < 1.29 is 68.1 Å². The molecule has 4 amide bonds. The second-order valence-electron chi connectivity index (χ2n) is 18.7. The molecular formula is C67H112N8O14. The Morgan fingerprint density at radius 3 is 1.07 bits per heavy atom. The van der Waals surface area contributed by atoms with Gasteiger partial charge < -0.3 is 88.3 Å². The van der Waals surface area contributed by atoms with Crippen LogP contribution in [0.2, 0.25) is 0 Å². The molecule has 504 valence electrons. The molecule has 0 unspecified atom stereocenters. The van der Waals surface area contributed by atoms with Crippen LogP contribution in [0.15, 0.2) is 146 Å². The third-order valence-corrected chi connectivity index (χ3v) is 10.2. The first-order valence-electron chi connectivity index (χ1n) is 28.9. The van der Waals surface area contributed by atoms with Gasteiger partial charge in [-0.25, -0.2) is 9.59 Å². The van der Waals surface area contributed by atoms with Crippen molar-refractivity contribution in [2.24, 2.45) is 22.9 Å². The van der Waals surface area contributed by atoms with E-state index in [-0.39, 0.29) is 73.9 Å². The van der Waals surface area contributed by atoms with Gasteiger partial charge >= 0.3 is 12.1 Å². The Bertz CT molecular complexity index is 2400. The Kier molecular flexibility index (Phi) is 65.6. The number of hydrogen-bond acceptors (Lipinski definition) is 17. The summed E-state index contributed by atoms with van der Waals surface area (Å²) in [5.41, 5.74) is 20.6. The molecule has 0 aliphatic carbocycles. The highest BCUT2D eigenvalue weighted by molar-refractivity contribution is 5.97. The molecule has 89 heavy (non-hydrogen) atoms. The van der Waals surface area contributed by atoms with E-state index in [0.29, 0.717) is 118 Å². The second-order valence-corrected chi connectivity index (χ2v) is 18.7. The molecule has 0 bridgehead atoms. The zero-order chi connectivity index (χ0) is 64.2. The first-order valence-corrected chi connectivity index (χ1v) is 28.9. The van der Waals surface area contributed by atoms with Gasteiger partial charge in [-0.3, -0.25) is 14.4 Å². The number of aromatic carboxylic acids is 1. The van der Waals surface area contributed by atoms with Crippen molar-refractivity contribution >= 4 is 29.8 Å². The molecule has 0 radical (unpaired) electrons. The monoisotopic (exact) mass is 1250 g/mol. The normalized spacial score (nSPS) is 10.7. The number of carboxylic acids is 1. The minimum Gasteiger partial charge on any atom is -0.507 e. The van der Waals surface area contributed by atoms with Crippen LogP contribution in [-0.2, 0) is 28.5 Å². The predicted octanol–water partition coefficient (Wildman–Crippen LogP) is 9.24. The third-order valence-electron chi connectivity index (χ3n) is 10.2. The Morgan fingerprint density at radius 2 is 0.742 bits per heavy atom. The van der Waals surface area contributed by atoms with E-state index in [9.17, 15) is 34.2 Å². The highest BCUT2D eigenvalue weighted by atomic mass is 16.6. The van der Waals surface area contributed by atoms with E-state index in [1.54, 1.807) is 48.5 Å². The van der Waals surface area contributed by atoms with Gasteiger partial charge in [-0.15, -0.1) is 0 Å². The predicted molar refractivity (Wildman–Crippen MR) is 360 cm³/mol. The quantitative estimate of drug-likeness (QED) is 0.0189. The van der Waals surface area contributed by atoms with Crippen LogP contribution in [0.25, 0.3) is 0 Å². The molecule has 0 aliphatic heterocycles. The third kappa shape index (κ3) is 59.1. The average molecular weight is 1250 g/mol. The van der Waals surface area contributed by atoms with Crippen molar-refractivity contribution in [3.63, 3.8) is 0 Å². The van der Waals surface area contributed by atoms with E-state index in [4.69, 9.17) is 56.8 Å². The molecule has 0 saturated heterocycles. The number of phenols is 3. The average Bonchev–Trinajstić information content (AvgIpc) is 2.75. The number of allylic oxidation sites excluding steroid dienone is 12. The van der Waals surface area contributed by atoms with Crippen molar-refractivity contribution in [1.29, 1.82) is 0 Å². The maximum Gasteiger partial charge on any atom is 0.407 e. The number of amides is 4. The van der Waals surface area contributed by atoms with E-state index in [1.165, 1.54) is 24.3 Å². The lowest BCUT2D eigenvalue weighted by atomic mass is 10.2. The highest BCUT2D eigenvalue weighted by Gasteiger charge is 2.15. The lowest BCUT2D eigenvalue weighted by molar-refractivity contribution is -0.121. The van der Waals surface area contributed by atoms with E-state index >= 15 is 0 Å². The molecule has 0 aromatic heterocycles. The standard InChI is InChI=1S/C33H46N2O4.C11H16N2O3.C9H20N2O3.C7H6O3.C4H12N2O.3CH4/c1-2-3-4-5-6-7-8-9-10-11-12-13-14-15-16-17-18-19-20-25-32(37)34-26-28-39-29-27-35-33(38)30-23-21-22-24-31(30)36;12-5-7-16-8-6-13-11(15)9-3-1-2-4-10(9)14;1-9(2,3)14-8(12)11-5-7-13-6-4-10;8-6-4-2-1-3-5(6)7(9)10;5-1-3-7-4-2-6;;;/h3-4,6-7,9-10,12-13,15-16,18-19,21-24,36H,2,5,8,11,14,17,20,25-29H2,1H3,(H,34,37)(H,35,38);1-4,14H,5-8,12H2,(H,13,15);4-7,10H2,1-3H3,(H,11,12);1-4,8H,(H,9,10);1-6H2;3*1H4/b4-3-,7-6-,10-9-,13-12-,16-15-,19-18-;;;;;;;. The largest absolute Gasteiger partial charge is 0.507 e. The van der Waals surface area contributed by atoms with Gasteiger partial charge in [0.25, 0.3) is 11.8 Å². The fourth-order valence-electron chi connectivity index (χ4n) is 6.14. The Labute approximate surface area is 531 Å². The lowest BCUT2D eigenvalue weighted by Crippen LogP contribution is -2.34. The number of rotatable bonds is 37. The summed E-state index contributed by atoms with van der Waals surface area (Å²) in [6.07, 6.45) is 32.5. The zero-order valence-electron chi connectivity index (χ0n) is 51.0.